The molecule has 0 aliphatic carbocycles. The van der Waals surface area contributed by atoms with E-state index in [-0.39, 0.29) is 18.6 Å². The molecule has 40 heavy (non-hydrogen) atoms. The van der Waals surface area contributed by atoms with Crippen molar-refractivity contribution in [2.24, 2.45) is 0 Å². The number of nitrogens with zero attached hydrogens (tertiary/aromatic N) is 1. The summed E-state index contributed by atoms with van der Waals surface area (Å²) in [4.78, 5) is 33.7. The lowest BCUT2D eigenvalue weighted by Crippen LogP contribution is -2.27. The first-order valence-corrected chi connectivity index (χ1v) is 13.6. The first kappa shape index (κ1) is 35.9. The fourth-order valence-electron chi connectivity index (χ4n) is 3.08. The van der Waals surface area contributed by atoms with Crippen LogP contribution < -0.4 is 4.74 Å². The molecule has 0 atom stereocenters. The summed E-state index contributed by atoms with van der Waals surface area (Å²) in [5.74, 6) is -1.36. The Kier molecular flexibility index (Phi) is 19.6. The molecule has 0 heterocycles. The first-order valence-electron chi connectivity index (χ1n) is 12.6. The summed E-state index contributed by atoms with van der Waals surface area (Å²) in [6.45, 7) is 10.1. The average molecular weight is 576 g/mol. The van der Waals surface area contributed by atoms with Crippen LogP contribution in [0.1, 0.15) is 50.3 Å². The monoisotopic (exact) mass is 575 g/mol. The van der Waals surface area contributed by atoms with Crippen molar-refractivity contribution in [2.45, 2.75) is 40.0 Å². The highest BCUT2D eigenvalue weighted by atomic mass is 32.2. The van der Waals surface area contributed by atoms with E-state index < -0.39 is 22.5 Å². The molecule has 0 aliphatic heterocycles. The lowest BCUT2D eigenvalue weighted by Gasteiger charge is -2.18. The maximum atomic E-state index is 12.1. The molecule has 218 valence electrons. The van der Waals surface area contributed by atoms with Crippen LogP contribution in [0.25, 0.3) is 12.2 Å². The molecule has 0 saturated heterocycles. The van der Waals surface area contributed by atoms with Crippen molar-refractivity contribution in [2.75, 3.05) is 26.2 Å². The van der Waals surface area contributed by atoms with Gasteiger partial charge in [-0.1, -0.05) is 69.3 Å². The Balaban J connectivity index is 0.00000106. The van der Waals surface area contributed by atoms with Crippen LogP contribution in [0.3, 0.4) is 0 Å². The van der Waals surface area contributed by atoms with Gasteiger partial charge in [0.25, 0.3) is 0 Å². The molecule has 0 radical (unpaired) electrons. The van der Waals surface area contributed by atoms with Crippen LogP contribution in [-0.2, 0) is 31.4 Å². The van der Waals surface area contributed by atoms with Crippen LogP contribution >= 0.6 is 0 Å². The van der Waals surface area contributed by atoms with E-state index in [0.717, 1.165) is 42.9 Å². The minimum Gasteiger partial charge on any atom is -0.492 e. The summed E-state index contributed by atoms with van der Waals surface area (Å²) >= 11 is 0. The van der Waals surface area contributed by atoms with Gasteiger partial charge in [-0.25, -0.2) is 0 Å². The van der Waals surface area contributed by atoms with E-state index in [4.69, 9.17) is 27.6 Å². The zero-order valence-electron chi connectivity index (χ0n) is 23.0. The number of carboxylic acid groups (broad SMARTS) is 2. The second kappa shape index (κ2) is 21.8. The van der Waals surface area contributed by atoms with E-state index >= 15 is 0 Å². The van der Waals surface area contributed by atoms with Crippen LogP contribution in [0.2, 0.25) is 0 Å². The van der Waals surface area contributed by atoms with Crippen molar-refractivity contribution in [3.8, 4) is 5.75 Å². The standard InChI is InChI=1S/C25H31NO2.C4H6O4.O3S/c1-4-21-9-7-10-22(19-21)13-15-24(27)16-14-23-11-8-12-25(20-23)28-18-17-26(5-2)6-3;5-3(6)1-2-4(7)8;1-4(2)3/h7-16,19-20H,4-6,17-18H2,1-3H3;1-2H2,(H,5,6)(H,7,8);/b15-13+,16-14+;;. The van der Waals surface area contributed by atoms with Gasteiger partial charge in [0, 0.05) is 6.54 Å². The minimum absolute atomic E-state index is 0.0326. The summed E-state index contributed by atoms with van der Waals surface area (Å²) in [5.41, 5.74) is 3.27. The van der Waals surface area contributed by atoms with Gasteiger partial charge in [0.15, 0.2) is 5.78 Å². The molecule has 11 heteroatoms. The molecule has 2 aromatic carbocycles. The van der Waals surface area contributed by atoms with Crippen molar-refractivity contribution in [3.05, 3.63) is 77.4 Å². The quantitative estimate of drug-likeness (QED) is 0.313. The average Bonchev–Trinajstić information content (AvgIpc) is 2.92. The van der Waals surface area contributed by atoms with Gasteiger partial charge in [-0.05, 0) is 60.5 Å². The number of carbonyl (C=O) groups is 3. The Labute approximate surface area is 236 Å². The van der Waals surface area contributed by atoms with Gasteiger partial charge in [0.05, 0.1) is 12.8 Å². The van der Waals surface area contributed by atoms with E-state index in [0.29, 0.717) is 6.61 Å². The highest BCUT2D eigenvalue weighted by molar-refractivity contribution is 7.59. The highest BCUT2D eigenvalue weighted by Gasteiger charge is 2.01. The highest BCUT2D eigenvalue weighted by Crippen LogP contribution is 2.15. The molecule has 10 nitrogen and oxygen atoms in total. The normalized spacial score (nSPS) is 10.4. The van der Waals surface area contributed by atoms with Crippen LogP contribution in [-0.4, -0.2) is 71.7 Å². The Bertz CT molecular complexity index is 1210. The van der Waals surface area contributed by atoms with Gasteiger partial charge in [-0.2, -0.15) is 0 Å². The first-order chi connectivity index (χ1) is 19.0. The number of hydrogen-bond acceptors (Lipinski definition) is 8. The van der Waals surface area contributed by atoms with Gasteiger partial charge in [0.2, 0.25) is 0 Å². The van der Waals surface area contributed by atoms with E-state index in [1.165, 1.54) is 5.56 Å². The SMILES string of the molecule is CCc1cccc(/C=C/C(=O)/C=C/c2cccc(OCCN(CC)CC)c2)c1.O=C(O)CCC(=O)O.O=S(=O)=O. The molecule has 0 unspecified atom stereocenters. The topological polar surface area (TPSA) is 155 Å². The van der Waals surface area contributed by atoms with Crippen molar-refractivity contribution >= 4 is 40.5 Å². The molecule has 2 aromatic rings. The second-order valence-electron chi connectivity index (χ2n) is 8.11. The number of carboxylic acids is 2. The lowest BCUT2D eigenvalue weighted by molar-refractivity contribution is -0.143. The van der Waals surface area contributed by atoms with E-state index in [9.17, 15) is 14.4 Å². The van der Waals surface area contributed by atoms with Gasteiger partial charge < -0.3 is 19.8 Å². The van der Waals surface area contributed by atoms with E-state index in [1.807, 2.05) is 48.6 Å². The maximum absolute atomic E-state index is 12.1. The molecule has 0 aromatic heterocycles. The van der Waals surface area contributed by atoms with E-state index in [2.05, 4.69) is 37.8 Å². The molecule has 0 fully saturated rings. The molecular weight excluding hydrogens is 538 g/mol. The van der Waals surface area contributed by atoms with Crippen molar-refractivity contribution < 1.29 is 42.0 Å². The van der Waals surface area contributed by atoms with Crippen molar-refractivity contribution in [1.29, 1.82) is 0 Å². The summed E-state index contributed by atoms with van der Waals surface area (Å²) in [6, 6.07) is 16.0. The van der Waals surface area contributed by atoms with Gasteiger partial charge in [-0.3, -0.25) is 14.4 Å². The van der Waals surface area contributed by atoms with E-state index in [1.54, 1.807) is 12.2 Å². The third-order valence-corrected chi connectivity index (χ3v) is 5.22. The third-order valence-electron chi connectivity index (χ3n) is 5.22. The fourth-order valence-corrected chi connectivity index (χ4v) is 3.08. The Morgan fingerprint density at radius 2 is 1.32 bits per heavy atom. The van der Waals surface area contributed by atoms with Crippen molar-refractivity contribution in [3.63, 3.8) is 0 Å². The van der Waals surface area contributed by atoms with Gasteiger partial charge in [-0.15, -0.1) is 12.6 Å². The molecule has 2 N–H and O–H groups in total. The van der Waals surface area contributed by atoms with Crippen LogP contribution in [0.5, 0.6) is 5.75 Å². The number of rotatable bonds is 14. The zero-order valence-corrected chi connectivity index (χ0v) is 23.8. The lowest BCUT2D eigenvalue weighted by atomic mass is 10.1. The maximum Gasteiger partial charge on any atom is 0.425 e. The minimum atomic E-state index is -3.11. The summed E-state index contributed by atoms with van der Waals surface area (Å²) in [5, 5.41) is 15.8. The molecular formula is C29H37NO9S. The molecule has 0 saturated carbocycles. The Morgan fingerprint density at radius 1 is 0.825 bits per heavy atom. The van der Waals surface area contributed by atoms with Crippen molar-refractivity contribution in [1.82, 2.24) is 4.90 Å². The largest absolute Gasteiger partial charge is 0.492 e. The fraction of sp³-hybridized carbons (Fsp3) is 0.345. The number of ether oxygens (including phenoxy) is 1. The number of carbonyl (C=O) groups excluding carboxylic acids is 1. The second-order valence-corrected chi connectivity index (χ2v) is 8.52. The number of aryl methyl sites for hydroxylation is 1. The number of likely N-dealkylation sites (N-methyl/N-ethyl adjacent to an activating group) is 1. The predicted molar refractivity (Wildman–Crippen MR) is 153 cm³/mol. The van der Waals surface area contributed by atoms with Crippen LogP contribution in [0.4, 0.5) is 0 Å². The number of ketones is 1. The predicted octanol–water partition coefficient (Wildman–Crippen LogP) is 4.20. The Morgan fingerprint density at radius 3 is 1.80 bits per heavy atom. The number of benzene rings is 2. The summed E-state index contributed by atoms with van der Waals surface area (Å²) < 4.78 is 31.2. The molecule has 0 bridgehead atoms. The molecule has 2 rings (SSSR count). The van der Waals surface area contributed by atoms with Crippen LogP contribution in [0.15, 0.2) is 60.7 Å². The molecule has 0 spiro atoms. The molecule has 0 aliphatic rings. The molecule has 0 amide bonds. The Hall–Kier alpha value is -4.09. The van der Waals surface area contributed by atoms with Gasteiger partial charge >= 0.3 is 22.5 Å². The zero-order chi connectivity index (χ0) is 30.3. The number of aliphatic carboxylic acids is 2. The summed E-state index contributed by atoms with van der Waals surface area (Å²) in [7, 11) is -3.11. The third kappa shape index (κ3) is 19.9. The van der Waals surface area contributed by atoms with Gasteiger partial charge in [0.1, 0.15) is 12.4 Å². The number of hydrogen-bond donors (Lipinski definition) is 2. The van der Waals surface area contributed by atoms with Crippen LogP contribution in [0, 0.1) is 0 Å². The number of allylic oxidation sites excluding steroid dienone is 2. The smallest absolute Gasteiger partial charge is 0.425 e. The summed E-state index contributed by atoms with van der Waals surface area (Å²) in [6.07, 6.45) is 7.28.